The van der Waals surface area contributed by atoms with E-state index in [9.17, 15) is 9.59 Å². The average molecular weight is 427 g/mol. The second kappa shape index (κ2) is 13.3. The molecule has 0 heterocycles. The molecule has 0 aliphatic carbocycles. The summed E-state index contributed by atoms with van der Waals surface area (Å²) in [6.07, 6.45) is 5.65. The van der Waals surface area contributed by atoms with Crippen LogP contribution in [0.25, 0.3) is 0 Å². The highest BCUT2D eigenvalue weighted by Gasteiger charge is 2.09. The number of carbonyl (C=O) groups excluding carboxylic acids is 2. The largest absolute Gasteiger partial charge is 0.494 e. The van der Waals surface area contributed by atoms with Crippen molar-refractivity contribution in [2.24, 2.45) is 0 Å². The van der Waals surface area contributed by atoms with Gasteiger partial charge < -0.3 is 9.47 Å². The molecule has 0 saturated carbocycles. The third-order valence-electron chi connectivity index (χ3n) is 5.13. The van der Waals surface area contributed by atoms with E-state index in [1.54, 1.807) is 24.3 Å². The smallest absolute Gasteiger partial charge is 0.276 e. The third-order valence-corrected chi connectivity index (χ3v) is 5.13. The molecule has 0 saturated heterocycles. The fourth-order valence-corrected chi connectivity index (χ4v) is 2.93. The zero-order valence-corrected chi connectivity index (χ0v) is 18.8. The van der Waals surface area contributed by atoms with Gasteiger partial charge in [0, 0.05) is 5.56 Å². The summed E-state index contributed by atoms with van der Waals surface area (Å²) in [6, 6.07) is 14.5. The van der Waals surface area contributed by atoms with E-state index in [0.717, 1.165) is 25.0 Å². The van der Waals surface area contributed by atoms with Crippen LogP contribution in [0.15, 0.2) is 48.5 Å². The maximum Gasteiger partial charge on any atom is 0.276 e. The van der Waals surface area contributed by atoms with Crippen molar-refractivity contribution in [2.75, 3.05) is 13.2 Å². The van der Waals surface area contributed by atoms with Crippen LogP contribution in [0.2, 0.25) is 0 Å². The van der Waals surface area contributed by atoms with E-state index in [4.69, 9.17) is 9.47 Å². The Morgan fingerprint density at radius 1 is 0.839 bits per heavy atom. The van der Waals surface area contributed by atoms with Crippen LogP contribution >= 0.6 is 0 Å². The lowest BCUT2D eigenvalue weighted by Gasteiger charge is -2.11. The van der Waals surface area contributed by atoms with Crippen molar-refractivity contribution < 1.29 is 19.1 Å². The van der Waals surface area contributed by atoms with E-state index in [-0.39, 0.29) is 6.61 Å². The Hall–Kier alpha value is -3.02. The highest BCUT2D eigenvalue weighted by molar-refractivity contribution is 5.95. The Kier molecular flexibility index (Phi) is 10.4. The predicted octanol–water partition coefficient (Wildman–Crippen LogP) is 5.00. The predicted molar refractivity (Wildman–Crippen MR) is 122 cm³/mol. The van der Waals surface area contributed by atoms with Crippen LogP contribution in [0.3, 0.4) is 0 Å². The highest BCUT2D eigenvalue weighted by Crippen LogP contribution is 2.21. The van der Waals surface area contributed by atoms with Gasteiger partial charge >= 0.3 is 0 Å². The first-order chi connectivity index (χ1) is 15.0. The lowest BCUT2D eigenvalue weighted by atomic mass is 9.99. The maximum atomic E-state index is 12.2. The normalized spacial score (nSPS) is 11.5. The van der Waals surface area contributed by atoms with Gasteiger partial charge in [-0.2, -0.15) is 0 Å². The minimum Gasteiger partial charge on any atom is -0.494 e. The van der Waals surface area contributed by atoms with E-state index >= 15 is 0 Å². The van der Waals surface area contributed by atoms with E-state index in [1.165, 1.54) is 18.4 Å². The van der Waals surface area contributed by atoms with Crippen LogP contribution in [-0.2, 0) is 4.79 Å². The number of carbonyl (C=O) groups is 2. The molecular formula is C25H34N2O4. The van der Waals surface area contributed by atoms with Crippen molar-refractivity contribution in [1.29, 1.82) is 0 Å². The highest BCUT2D eigenvalue weighted by atomic mass is 16.5. The van der Waals surface area contributed by atoms with Gasteiger partial charge in [-0.25, -0.2) is 0 Å². The second-order valence-corrected chi connectivity index (χ2v) is 7.60. The van der Waals surface area contributed by atoms with E-state index in [2.05, 4.69) is 31.6 Å². The number of ether oxygens (including phenoxy) is 2. The van der Waals surface area contributed by atoms with Gasteiger partial charge in [0.25, 0.3) is 11.8 Å². The van der Waals surface area contributed by atoms with Crippen molar-refractivity contribution in [3.05, 3.63) is 59.7 Å². The van der Waals surface area contributed by atoms with Gasteiger partial charge in [0.2, 0.25) is 0 Å². The molecule has 0 fully saturated rings. The molecule has 0 aliphatic rings. The Morgan fingerprint density at radius 3 is 2.13 bits per heavy atom. The zero-order chi connectivity index (χ0) is 22.5. The monoisotopic (exact) mass is 426 g/mol. The molecule has 1 unspecified atom stereocenters. The number of benzene rings is 2. The summed E-state index contributed by atoms with van der Waals surface area (Å²) in [5.41, 5.74) is 6.42. The minimum atomic E-state index is -0.439. The Bertz CT molecular complexity index is 803. The number of amides is 2. The van der Waals surface area contributed by atoms with Crippen LogP contribution in [-0.4, -0.2) is 25.0 Å². The third kappa shape index (κ3) is 8.70. The van der Waals surface area contributed by atoms with Gasteiger partial charge in [-0.3, -0.25) is 20.4 Å². The lowest BCUT2D eigenvalue weighted by Crippen LogP contribution is -2.43. The summed E-state index contributed by atoms with van der Waals surface area (Å²) in [5.74, 6) is 0.981. The van der Waals surface area contributed by atoms with E-state index in [0.29, 0.717) is 23.8 Å². The number of hydrogen-bond donors (Lipinski definition) is 2. The number of hydrogen-bond acceptors (Lipinski definition) is 4. The number of rotatable bonds is 12. The molecule has 0 spiro atoms. The Morgan fingerprint density at radius 2 is 1.48 bits per heavy atom. The summed E-state index contributed by atoms with van der Waals surface area (Å²) in [7, 11) is 0. The van der Waals surface area contributed by atoms with Crippen molar-refractivity contribution in [3.8, 4) is 11.5 Å². The van der Waals surface area contributed by atoms with Gasteiger partial charge in [-0.1, -0.05) is 52.2 Å². The fraction of sp³-hybridized carbons (Fsp3) is 0.440. The summed E-state index contributed by atoms with van der Waals surface area (Å²) < 4.78 is 11.1. The van der Waals surface area contributed by atoms with E-state index < -0.39 is 11.8 Å². The standard InChI is InChI=1S/C25H34N2O4/c1-4-6-7-8-17-30-22-15-11-21(12-16-22)25(29)27-26-24(28)18-31-23-13-9-20(10-14-23)19(3)5-2/h9-16,19H,4-8,17-18H2,1-3H3,(H,26,28)(H,27,29). The molecule has 6 heteroatoms. The van der Waals surface area contributed by atoms with Crippen molar-refractivity contribution in [3.63, 3.8) is 0 Å². The second-order valence-electron chi connectivity index (χ2n) is 7.60. The van der Waals surface area contributed by atoms with Crippen LogP contribution < -0.4 is 20.3 Å². The molecule has 31 heavy (non-hydrogen) atoms. The van der Waals surface area contributed by atoms with Gasteiger partial charge in [-0.05, 0) is 60.7 Å². The van der Waals surface area contributed by atoms with Crippen LogP contribution in [0, 0.1) is 0 Å². The number of nitrogens with one attached hydrogen (secondary N) is 2. The van der Waals surface area contributed by atoms with Gasteiger partial charge in [0.15, 0.2) is 6.61 Å². The topological polar surface area (TPSA) is 76.7 Å². The molecule has 0 radical (unpaired) electrons. The van der Waals surface area contributed by atoms with Gasteiger partial charge in [-0.15, -0.1) is 0 Å². The molecule has 2 N–H and O–H groups in total. The first-order valence-electron chi connectivity index (χ1n) is 11.1. The zero-order valence-electron chi connectivity index (χ0n) is 18.8. The molecule has 6 nitrogen and oxygen atoms in total. The molecule has 0 aromatic heterocycles. The van der Waals surface area contributed by atoms with Crippen molar-refractivity contribution in [2.45, 2.75) is 58.8 Å². The van der Waals surface area contributed by atoms with Crippen LogP contribution in [0.4, 0.5) is 0 Å². The molecule has 0 bridgehead atoms. The number of unbranched alkanes of at least 4 members (excludes halogenated alkanes) is 3. The molecule has 2 rings (SSSR count). The maximum absolute atomic E-state index is 12.2. The SMILES string of the molecule is CCCCCCOc1ccc(C(=O)NNC(=O)COc2ccc(C(C)CC)cc2)cc1. The van der Waals surface area contributed by atoms with Crippen molar-refractivity contribution >= 4 is 11.8 Å². The van der Waals surface area contributed by atoms with Crippen LogP contribution in [0.1, 0.15) is 74.7 Å². The fourth-order valence-electron chi connectivity index (χ4n) is 2.93. The minimum absolute atomic E-state index is 0.187. The van der Waals surface area contributed by atoms with Crippen LogP contribution in [0.5, 0.6) is 11.5 Å². The van der Waals surface area contributed by atoms with Gasteiger partial charge in [0.1, 0.15) is 11.5 Å². The molecule has 168 valence electrons. The first-order valence-corrected chi connectivity index (χ1v) is 11.1. The quantitative estimate of drug-likeness (QED) is 0.370. The first kappa shape index (κ1) is 24.3. The van der Waals surface area contributed by atoms with Gasteiger partial charge in [0.05, 0.1) is 6.61 Å². The Labute approximate surface area is 185 Å². The molecule has 1 atom stereocenters. The number of hydrazine groups is 1. The lowest BCUT2D eigenvalue weighted by molar-refractivity contribution is -0.123. The molecule has 2 amide bonds. The Balaban J connectivity index is 1.69. The average Bonchev–Trinajstić information content (AvgIpc) is 2.81. The summed E-state index contributed by atoms with van der Waals surface area (Å²) >= 11 is 0. The summed E-state index contributed by atoms with van der Waals surface area (Å²) in [5, 5.41) is 0. The molecule has 0 aliphatic heterocycles. The molecule has 2 aromatic rings. The molecular weight excluding hydrogens is 392 g/mol. The van der Waals surface area contributed by atoms with Crippen molar-refractivity contribution in [1.82, 2.24) is 10.9 Å². The summed E-state index contributed by atoms with van der Waals surface area (Å²) in [4.78, 5) is 24.1. The van der Waals surface area contributed by atoms with E-state index in [1.807, 2.05) is 24.3 Å². The molecule has 2 aromatic carbocycles. The summed E-state index contributed by atoms with van der Waals surface area (Å²) in [6.45, 7) is 6.97.